The Bertz CT molecular complexity index is 1200. The molecular formula is C30H38N4O4. The van der Waals surface area contributed by atoms with E-state index in [1.807, 2.05) is 23.1 Å². The van der Waals surface area contributed by atoms with Gasteiger partial charge in [0, 0.05) is 56.4 Å². The van der Waals surface area contributed by atoms with Crippen LogP contribution in [0.2, 0.25) is 0 Å². The Morgan fingerprint density at radius 1 is 1.05 bits per heavy atom. The number of carbonyl (C=O) groups is 2. The van der Waals surface area contributed by atoms with Crippen LogP contribution >= 0.6 is 0 Å². The van der Waals surface area contributed by atoms with Crippen LogP contribution in [0.3, 0.4) is 0 Å². The van der Waals surface area contributed by atoms with E-state index in [0.717, 1.165) is 31.5 Å². The maximum atomic E-state index is 13.7. The molecule has 3 N–H and O–H groups in total. The van der Waals surface area contributed by atoms with E-state index in [1.165, 1.54) is 11.1 Å². The summed E-state index contributed by atoms with van der Waals surface area (Å²) in [7, 11) is 0. The van der Waals surface area contributed by atoms with Gasteiger partial charge < -0.3 is 30.2 Å². The number of likely N-dealkylation sites (N-methyl/N-ethyl adjacent to an activating group) is 1. The highest BCUT2D eigenvalue weighted by molar-refractivity contribution is 6.03. The molecule has 2 amide bonds. The second-order valence-corrected chi connectivity index (χ2v) is 11.3. The van der Waals surface area contributed by atoms with Gasteiger partial charge >= 0.3 is 0 Å². The molecule has 202 valence electrons. The van der Waals surface area contributed by atoms with Crippen molar-refractivity contribution in [2.75, 3.05) is 31.1 Å². The zero-order valence-corrected chi connectivity index (χ0v) is 22.1. The largest absolute Gasteiger partial charge is 0.393 e. The number of benzene rings is 2. The third-order valence-corrected chi connectivity index (χ3v) is 9.05. The molecule has 2 aromatic carbocycles. The van der Waals surface area contributed by atoms with Crippen molar-refractivity contribution in [3.8, 4) is 0 Å². The van der Waals surface area contributed by atoms with Crippen LogP contribution in [0.1, 0.15) is 64.4 Å². The molecule has 4 atom stereocenters. The predicted molar refractivity (Wildman–Crippen MR) is 145 cm³/mol. The Hall–Kier alpha value is -2.94. The standard InChI is InChI=1S/C30H38N4O4/c1-2-32-11-12-33(18-28(36)26-13-19-5-3-4-6-21(19)17-31-26)30(38)25-10-7-20(14-27(25)32)29(37)34-22-8-9-23(34)16-24(35)15-22/h3-7,10,14,22-24,26,28,31,35-36H,2,8-9,11-13,15-18H2,1H3/t22?,23?,24?,26-,28+/m0/s1. The van der Waals surface area contributed by atoms with E-state index in [4.69, 9.17) is 0 Å². The first kappa shape index (κ1) is 25.3. The number of rotatable bonds is 5. The number of aliphatic hydroxyl groups excluding tert-OH is 2. The molecule has 4 heterocycles. The molecule has 2 unspecified atom stereocenters. The Morgan fingerprint density at radius 2 is 1.76 bits per heavy atom. The van der Waals surface area contributed by atoms with Crippen LogP contribution in [0.5, 0.6) is 0 Å². The molecule has 8 heteroatoms. The molecular weight excluding hydrogens is 480 g/mol. The lowest BCUT2D eigenvalue weighted by atomic mass is 9.92. The van der Waals surface area contributed by atoms with Gasteiger partial charge in [0.05, 0.1) is 23.5 Å². The first-order valence-electron chi connectivity index (χ1n) is 14.1. The van der Waals surface area contributed by atoms with Crippen molar-refractivity contribution in [1.82, 2.24) is 15.1 Å². The number of hydrogen-bond acceptors (Lipinski definition) is 6. The number of piperidine rings is 1. The lowest BCUT2D eigenvalue weighted by Crippen LogP contribution is -2.50. The van der Waals surface area contributed by atoms with Gasteiger partial charge in [-0.2, -0.15) is 0 Å². The van der Waals surface area contributed by atoms with Gasteiger partial charge in [-0.3, -0.25) is 9.59 Å². The maximum absolute atomic E-state index is 13.7. The molecule has 2 saturated heterocycles. The summed E-state index contributed by atoms with van der Waals surface area (Å²) in [5.41, 5.74) is 4.46. The molecule has 0 aromatic heterocycles. The van der Waals surface area contributed by atoms with E-state index in [2.05, 4.69) is 29.3 Å². The molecule has 6 rings (SSSR count). The van der Waals surface area contributed by atoms with E-state index >= 15 is 0 Å². The summed E-state index contributed by atoms with van der Waals surface area (Å²) in [4.78, 5) is 33.2. The number of amides is 2. The molecule has 8 nitrogen and oxygen atoms in total. The molecule has 2 fully saturated rings. The van der Waals surface area contributed by atoms with Crippen molar-refractivity contribution in [1.29, 1.82) is 0 Å². The van der Waals surface area contributed by atoms with Crippen molar-refractivity contribution in [3.63, 3.8) is 0 Å². The van der Waals surface area contributed by atoms with Crippen LogP contribution in [0.4, 0.5) is 5.69 Å². The van der Waals surface area contributed by atoms with Crippen molar-refractivity contribution in [2.45, 2.75) is 75.9 Å². The van der Waals surface area contributed by atoms with Gasteiger partial charge in [0.2, 0.25) is 0 Å². The van der Waals surface area contributed by atoms with Crippen molar-refractivity contribution in [3.05, 3.63) is 64.7 Å². The SMILES string of the molecule is CCN1CCN(C[C@@H](O)[C@@H]2Cc3ccccc3CN2)C(=O)c2ccc(C(=O)N3C4CCC3CC(O)C4)cc21. The number of carbonyl (C=O) groups excluding carboxylic acids is 2. The summed E-state index contributed by atoms with van der Waals surface area (Å²) in [6.45, 7) is 4.91. The number of fused-ring (bicyclic) bond motifs is 4. The normalized spacial score (nSPS) is 27.6. The molecule has 0 saturated carbocycles. The van der Waals surface area contributed by atoms with Gasteiger partial charge in [-0.05, 0) is 68.4 Å². The highest BCUT2D eigenvalue weighted by Gasteiger charge is 2.43. The second-order valence-electron chi connectivity index (χ2n) is 11.3. The summed E-state index contributed by atoms with van der Waals surface area (Å²) in [5.74, 6) is -0.109. The zero-order valence-electron chi connectivity index (χ0n) is 22.1. The molecule has 0 radical (unpaired) electrons. The summed E-state index contributed by atoms with van der Waals surface area (Å²) in [6.07, 6.45) is 2.90. The maximum Gasteiger partial charge on any atom is 0.256 e. The predicted octanol–water partition coefficient (Wildman–Crippen LogP) is 2.17. The topological polar surface area (TPSA) is 96.3 Å². The van der Waals surface area contributed by atoms with Crippen LogP contribution in [0, 0.1) is 0 Å². The average molecular weight is 519 g/mol. The molecule has 4 aliphatic heterocycles. The zero-order chi connectivity index (χ0) is 26.4. The van der Waals surface area contributed by atoms with E-state index < -0.39 is 6.10 Å². The second kappa shape index (κ2) is 10.3. The lowest BCUT2D eigenvalue weighted by Gasteiger charge is -2.37. The molecule has 0 aliphatic carbocycles. The van der Waals surface area contributed by atoms with Crippen LogP contribution in [0.15, 0.2) is 42.5 Å². The number of nitrogens with one attached hydrogen (secondary N) is 1. The first-order valence-corrected chi connectivity index (χ1v) is 14.1. The minimum absolute atomic E-state index is 0.00381. The van der Waals surface area contributed by atoms with Gasteiger partial charge in [0.25, 0.3) is 11.8 Å². The molecule has 0 spiro atoms. The number of aliphatic hydroxyl groups is 2. The highest BCUT2D eigenvalue weighted by Crippen LogP contribution is 2.37. The molecule has 38 heavy (non-hydrogen) atoms. The lowest BCUT2D eigenvalue weighted by molar-refractivity contribution is 0.0286. The van der Waals surface area contributed by atoms with Crippen LogP contribution < -0.4 is 10.2 Å². The highest BCUT2D eigenvalue weighted by atomic mass is 16.3. The van der Waals surface area contributed by atoms with Gasteiger partial charge in [-0.25, -0.2) is 0 Å². The summed E-state index contributed by atoms with van der Waals surface area (Å²) in [6, 6.07) is 13.8. The number of hydrogen-bond donors (Lipinski definition) is 3. The van der Waals surface area contributed by atoms with Gasteiger partial charge in [0.15, 0.2) is 0 Å². The Balaban J connectivity index is 1.20. The monoisotopic (exact) mass is 518 g/mol. The number of anilines is 1. The minimum Gasteiger partial charge on any atom is -0.393 e. The van der Waals surface area contributed by atoms with Gasteiger partial charge in [-0.1, -0.05) is 24.3 Å². The third-order valence-electron chi connectivity index (χ3n) is 9.05. The molecule has 2 aromatic rings. The molecule has 2 bridgehead atoms. The number of nitrogens with zero attached hydrogens (tertiary/aromatic N) is 3. The van der Waals surface area contributed by atoms with Crippen LogP contribution in [-0.4, -0.2) is 88.3 Å². The van der Waals surface area contributed by atoms with Crippen molar-refractivity contribution < 1.29 is 19.8 Å². The van der Waals surface area contributed by atoms with Crippen LogP contribution in [-0.2, 0) is 13.0 Å². The third kappa shape index (κ3) is 4.59. The Kier molecular flexibility index (Phi) is 6.88. The van der Waals surface area contributed by atoms with E-state index in [-0.39, 0.29) is 42.6 Å². The first-order chi connectivity index (χ1) is 18.4. The van der Waals surface area contributed by atoms with Gasteiger partial charge in [0.1, 0.15) is 0 Å². The van der Waals surface area contributed by atoms with Crippen LogP contribution in [0.25, 0.3) is 0 Å². The fraction of sp³-hybridized carbons (Fsp3) is 0.533. The smallest absolute Gasteiger partial charge is 0.256 e. The molecule has 4 aliphatic rings. The Labute approximate surface area is 224 Å². The summed E-state index contributed by atoms with van der Waals surface area (Å²) in [5, 5.41) is 24.7. The Morgan fingerprint density at radius 3 is 2.50 bits per heavy atom. The van der Waals surface area contributed by atoms with Crippen molar-refractivity contribution >= 4 is 17.5 Å². The van der Waals surface area contributed by atoms with Crippen molar-refractivity contribution in [2.24, 2.45) is 0 Å². The summed E-state index contributed by atoms with van der Waals surface area (Å²) >= 11 is 0. The fourth-order valence-corrected chi connectivity index (χ4v) is 6.98. The average Bonchev–Trinajstić information content (AvgIpc) is 3.13. The van der Waals surface area contributed by atoms with E-state index in [0.29, 0.717) is 43.6 Å². The quantitative estimate of drug-likeness (QED) is 0.562. The fourth-order valence-electron chi connectivity index (χ4n) is 6.98. The van der Waals surface area contributed by atoms with E-state index in [1.54, 1.807) is 17.0 Å². The van der Waals surface area contributed by atoms with Gasteiger partial charge in [-0.15, -0.1) is 0 Å². The number of β-amino-alcohol motifs (C(OH)–C–C–N with tert-alkyl or cyclic N) is 1. The summed E-state index contributed by atoms with van der Waals surface area (Å²) < 4.78 is 0. The van der Waals surface area contributed by atoms with E-state index in [9.17, 15) is 19.8 Å². The minimum atomic E-state index is -0.685.